The minimum Gasteiger partial charge on any atom is -0.346 e. The molecule has 1 fully saturated rings. The number of carbonyl (C=O) groups is 1. The van der Waals surface area contributed by atoms with Crippen LogP contribution in [0.1, 0.15) is 27.8 Å². The minimum atomic E-state index is -4.47. The van der Waals surface area contributed by atoms with Crippen molar-refractivity contribution in [2.75, 3.05) is 23.8 Å². The van der Waals surface area contributed by atoms with Gasteiger partial charge in [-0.25, -0.2) is 9.97 Å². The normalized spacial score (nSPS) is 14.4. The molecule has 0 unspecified atom stereocenters. The van der Waals surface area contributed by atoms with E-state index in [-0.39, 0.29) is 17.2 Å². The maximum Gasteiger partial charge on any atom is 0.417 e. The highest BCUT2D eigenvalue weighted by Crippen LogP contribution is 2.30. The van der Waals surface area contributed by atoms with Gasteiger partial charge in [-0.1, -0.05) is 0 Å². The molecule has 1 amide bonds. The molecule has 1 saturated heterocycles. The smallest absolute Gasteiger partial charge is 0.346 e. The maximum absolute atomic E-state index is 12.7. The fourth-order valence-electron chi connectivity index (χ4n) is 2.85. The highest BCUT2D eigenvalue weighted by atomic mass is 19.4. The van der Waals surface area contributed by atoms with Crippen LogP contribution in [0.3, 0.4) is 0 Å². The van der Waals surface area contributed by atoms with Gasteiger partial charge in [-0.15, -0.1) is 0 Å². The van der Waals surface area contributed by atoms with E-state index < -0.39 is 23.9 Å². The largest absolute Gasteiger partial charge is 0.417 e. The molecule has 4 heterocycles. The molecule has 0 bridgehead atoms. The summed E-state index contributed by atoms with van der Waals surface area (Å²) in [7, 11) is 0. The molecule has 160 valence electrons. The van der Waals surface area contributed by atoms with Crippen LogP contribution >= 0.6 is 0 Å². The Hall–Kier alpha value is -3.57. The van der Waals surface area contributed by atoms with E-state index in [1.165, 1.54) is 30.6 Å². The summed E-state index contributed by atoms with van der Waals surface area (Å²) in [5.74, 6) is -0.0324. The highest BCUT2D eigenvalue weighted by molar-refractivity contribution is 6.05. The van der Waals surface area contributed by atoms with E-state index in [1.54, 1.807) is 12.3 Å². The summed E-state index contributed by atoms with van der Waals surface area (Å²) < 4.78 is 48.9. The van der Waals surface area contributed by atoms with E-state index in [0.717, 1.165) is 12.3 Å². The molecule has 4 rings (SSSR count). The summed E-state index contributed by atoms with van der Waals surface area (Å²) in [5, 5.41) is 5.54. The summed E-state index contributed by atoms with van der Waals surface area (Å²) in [4.78, 5) is 24.5. The third-order valence-electron chi connectivity index (χ3n) is 4.35. The van der Waals surface area contributed by atoms with Crippen LogP contribution in [0.25, 0.3) is 0 Å². The van der Waals surface area contributed by atoms with E-state index >= 15 is 0 Å². The topological polar surface area (TPSA) is 98.3 Å². The van der Waals surface area contributed by atoms with Crippen molar-refractivity contribution >= 4 is 23.2 Å². The van der Waals surface area contributed by atoms with E-state index in [9.17, 15) is 18.0 Å². The molecule has 11 heteroatoms. The quantitative estimate of drug-likeness (QED) is 0.632. The first-order valence-corrected chi connectivity index (χ1v) is 9.15. The number of aromatic nitrogens is 3. The number of ether oxygens (including phenoxy) is 2. The predicted octanol–water partition coefficient (Wildman–Crippen LogP) is 3.93. The molecule has 8 nitrogen and oxygen atoms in total. The third-order valence-corrected chi connectivity index (χ3v) is 4.35. The summed E-state index contributed by atoms with van der Waals surface area (Å²) in [5.41, 5.74) is 0.492. The van der Waals surface area contributed by atoms with Crippen LogP contribution in [-0.4, -0.2) is 34.1 Å². The zero-order valence-corrected chi connectivity index (χ0v) is 15.9. The molecule has 3 aromatic rings. The van der Waals surface area contributed by atoms with Gasteiger partial charge in [-0.05, 0) is 30.3 Å². The predicted molar refractivity (Wildman–Crippen MR) is 104 cm³/mol. The average molecular weight is 431 g/mol. The Bertz CT molecular complexity index is 1070. The van der Waals surface area contributed by atoms with Crippen molar-refractivity contribution in [3.8, 4) is 0 Å². The first kappa shape index (κ1) is 20.7. The van der Waals surface area contributed by atoms with E-state index in [4.69, 9.17) is 9.47 Å². The summed E-state index contributed by atoms with van der Waals surface area (Å²) in [6.45, 7) is 0.912. The Morgan fingerprint density at radius 2 is 1.81 bits per heavy atom. The van der Waals surface area contributed by atoms with Crippen LogP contribution in [-0.2, 0) is 15.7 Å². The second kappa shape index (κ2) is 8.66. The number of nitrogens with zero attached hydrogens (tertiary/aromatic N) is 3. The van der Waals surface area contributed by atoms with Gasteiger partial charge in [-0.3, -0.25) is 9.78 Å². The van der Waals surface area contributed by atoms with Gasteiger partial charge in [0.05, 0.1) is 30.7 Å². The Balaban J connectivity index is 1.48. The Labute approximate surface area is 174 Å². The third kappa shape index (κ3) is 4.95. The van der Waals surface area contributed by atoms with Gasteiger partial charge >= 0.3 is 6.18 Å². The lowest BCUT2D eigenvalue weighted by Gasteiger charge is -2.15. The number of alkyl halides is 3. The van der Waals surface area contributed by atoms with Gasteiger partial charge in [0.2, 0.25) is 0 Å². The average Bonchev–Trinajstić information content (AvgIpc) is 3.29. The van der Waals surface area contributed by atoms with E-state index in [0.29, 0.717) is 24.5 Å². The molecule has 31 heavy (non-hydrogen) atoms. The SMILES string of the molecule is O=C(Nc1cnccc1C1OCCO1)c1ccnc(Nc2ccc(C(F)(F)F)cn2)c1. The zero-order valence-electron chi connectivity index (χ0n) is 15.9. The molecule has 3 aromatic heterocycles. The van der Waals surface area contributed by atoms with Gasteiger partial charge in [0.1, 0.15) is 11.6 Å². The Morgan fingerprint density at radius 1 is 1.00 bits per heavy atom. The number of amides is 1. The molecule has 0 spiro atoms. The number of pyridine rings is 3. The Kier molecular flexibility index (Phi) is 5.78. The molecule has 2 N–H and O–H groups in total. The number of anilines is 3. The number of halogens is 3. The van der Waals surface area contributed by atoms with Gasteiger partial charge < -0.3 is 20.1 Å². The molecule has 0 saturated carbocycles. The van der Waals surface area contributed by atoms with Crippen molar-refractivity contribution < 1.29 is 27.4 Å². The molecular formula is C20H16F3N5O3. The first-order chi connectivity index (χ1) is 14.9. The lowest BCUT2D eigenvalue weighted by atomic mass is 10.2. The monoisotopic (exact) mass is 431 g/mol. The van der Waals surface area contributed by atoms with Crippen LogP contribution in [0.4, 0.5) is 30.5 Å². The molecule has 0 atom stereocenters. The van der Waals surface area contributed by atoms with Crippen LogP contribution in [0.5, 0.6) is 0 Å². The van der Waals surface area contributed by atoms with Crippen LogP contribution in [0, 0.1) is 0 Å². The minimum absolute atomic E-state index is 0.156. The summed E-state index contributed by atoms with van der Waals surface area (Å²) in [6.07, 6.45) is 0.122. The first-order valence-electron chi connectivity index (χ1n) is 9.15. The van der Waals surface area contributed by atoms with E-state index in [1.807, 2.05) is 0 Å². The van der Waals surface area contributed by atoms with Crippen LogP contribution in [0.2, 0.25) is 0 Å². The Morgan fingerprint density at radius 3 is 2.52 bits per heavy atom. The van der Waals surface area contributed by atoms with Gasteiger partial charge in [0.15, 0.2) is 6.29 Å². The van der Waals surface area contributed by atoms with Gasteiger partial charge in [0.25, 0.3) is 5.91 Å². The summed E-state index contributed by atoms with van der Waals surface area (Å²) >= 11 is 0. The van der Waals surface area contributed by atoms with Crippen molar-refractivity contribution in [2.24, 2.45) is 0 Å². The number of nitrogens with one attached hydrogen (secondary N) is 2. The molecular weight excluding hydrogens is 415 g/mol. The second-order valence-corrected chi connectivity index (χ2v) is 6.48. The molecule has 0 radical (unpaired) electrons. The number of rotatable bonds is 5. The van der Waals surface area contributed by atoms with Crippen LogP contribution in [0.15, 0.2) is 55.1 Å². The molecule has 1 aliphatic heterocycles. The van der Waals surface area contributed by atoms with Gasteiger partial charge in [0, 0.05) is 29.7 Å². The zero-order chi connectivity index (χ0) is 21.8. The molecule has 0 aromatic carbocycles. The van der Waals surface area contributed by atoms with Crippen molar-refractivity contribution in [1.29, 1.82) is 0 Å². The highest BCUT2D eigenvalue weighted by Gasteiger charge is 2.30. The van der Waals surface area contributed by atoms with Crippen molar-refractivity contribution in [1.82, 2.24) is 15.0 Å². The standard InChI is InChI=1S/C20H16F3N5O3/c21-20(22,23)13-1-2-16(26-10-13)28-17-9-12(3-6-25-17)18(29)27-15-11-24-5-4-14(15)19-30-7-8-31-19/h1-6,9-11,19H,7-8H2,(H,27,29)(H,25,26,28). The van der Waals surface area contributed by atoms with Crippen LogP contribution < -0.4 is 10.6 Å². The fraction of sp³-hybridized carbons (Fsp3) is 0.200. The summed E-state index contributed by atoms with van der Waals surface area (Å²) in [6, 6.07) is 6.73. The lowest BCUT2D eigenvalue weighted by Crippen LogP contribution is -2.15. The van der Waals surface area contributed by atoms with Crippen molar-refractivity contribution in [2.45, 2.75) is 12.5 Å². The maximum atomic E-state index is 12.7. The molecule has 0 aliphatic carbocycles. The number of carbonyl (C=O) groups excluding carboxylic acids is 1. The number of hydrogen-bond donors (Lipinski definition) is 2. The fourth-order valence-corrected chi connectivity index (χ4v) is 2.85. The van der Waals surface area contributed by atoms with Crippen molar-refractivity contribution in [3.05, 3.63) is 71.8 Å². The number of hydrogen-bond acceptors (Lipinski definition) is 7. The molecule has 1 aliphatic rings. The van der Waals surface area contributed by atoms with Gasteiger partial charge in [-0.2, -0.15) is 13.2 Å². The lowest BCUT2D eigenvalue weighted by molar-refractivity contribution is -0.137. The van der Waals surface area contributed by atoms with E-state index in [2.05, 4.69) is 25.6 Å². The second-order valence-electron chi connectivity index (χ2n) is 6.48. The van der Waals surface area contributed by atoms with Crippen molar-refractivity contribution in [3.63, 3.8) is 0 Å².